The van der Waals surface area contributed by atoms with Gasteiger partial charge >= 0.3 is 0 Å². The van der Waals surface area contributed by atoms with Crippen LogP contribution >= 0.6 is 22.9 Å². The highest BCUT2D eigenvalue weighted by Crippen LogP contribution is 2.22. The summed E-state index contributed by atoms with van der Waals surface area (Å²) in [6, 6.07) is 9.29. The topological polar surface area (TPSA) is 46.3 Å². The summed E-state index contributed by atoms with van der Waals surface area (Å²) in [5.41, 5.74) is 7.35. The fourth-order valence-electron chi connectivity index (χ4n) is 1.82. The molecule has 3 nitrogen and oxygen atoms in total. The molecule has 0 bridgehead atoms. The van der Waals surface area contributed by atoms with Crippen LogP contribution in [0.4, 0.5) is 5.69 Å². The highest BCUT2D eigenvalue weighted by atomic mass is 35.5. The predicted molar refractivity (Wildman–Crippen MR) is 80.6 cm³/mol. The van der Waals surface area contributed by atoms with Crippen molar-refractivity contribution in [2.75, 3.05) is 12.3 Å². The number of hydrogen-bond donors (Lipinski definition) is 1. The molecule has 0 aliphatic rings. The van der Waals surface area contributed by atoms with E-state index in [-0.39, 0.29) is 5.91 Å². The second kappa shape index (κ2) is 6.08. The average Bonchev–Trinajstić information content (AvgIpc) is 2.81. The highest BCUT2D eigenvalue weighted by molar-refractivity contribution is 7.12. The van der Waals surface area contributed by atoms with Gasteiger partial charge in [-0.3, -0.25) is 4.79 Å². The normalized spacial score (nSPS) is 10.4. The van der Waals surface area contributed by atoms with Crippen molar-refractivity contribution in [3.8, 4) is 0 Å². The third-order valence-electron chi connectivity index (χ3n) is 2.82. The van der Waals surface area contributed by atoms with Crippen molar-refractivity contribution in [2.24, 2.45) is 0 Å². The van der Waals surface area contributed by atoms with Crippen LogP contribution in [0.25, 0.3) is 0 Å². The molecule has 0 saturated carbocycles. The summed E-state index contributed by atoms with van der Waals surface area (Å²) in [6.07, 6.45) is 0. The summed E-state index contributed by atoms with van der Waals surface area (Å²) in [5, 5.41) is 2.51. The van der Waals surface area contributed by atoms with Crippen molar-refractivity contribution in [2.45, 2.75) is 13.5 Å². The number of nitrogens with two attached hydrogens (primary N) is 1. The molecule has 0 saturated heterocycles. The molecule has 2 rings (SSSR count). The SMILES string of the molecule is CCN(Cc1cccc(Cl)c1)C(=O)c1sccc1N. The first-order valence-electron chi connectivity index (χ1n) is 5.98. The fraction of sp³-hybridized carbons (Fsp3) is 0.214. The monoisotopic (exact) mass is 294 g/mol. The van der Waals surface area contributed by atoms with Crippen LogP contribution in [0.2, 0.25) is 5.02 Å². The minimum absolute atomic E-state index is 0.0324. The second-order valence-electron chi connectivity index (χ2n) is 4.15. The first-order valence-corrected chi connectivity index (χ1v) is 7.24. The molecule has 0 unspecified atom stereocenters. The molecule has 0 atom stereocenters. The maximum atomic E-state index is 12.4. The molecule has 1 aromatic carbocycles. The van der Waals surface area contributed by atoms with Crippen LogP contribution in [-0.4, -0.2) is 17.4 Å². The summed E-state index contributed by atoms with van der Waals surface area (Å²) >= 11 is 7.33. The molecule has 0 aliphatic heterocycles. The quantitative estimate of drug-likeness (QED) is 0.935. The zero-order chi connectivity index (χ0) is 13.8. The molecule has 1 heterocycles. The molecule has 0 spiro atoms. The fourth-order valence-corrected chi connectivity index (χ4v) is 2.82. The minimum atomic E-state index is -0.0324. The lowest BCUT2D eigenvalue weighted by Gasteiger charge is -2.20. The van der Waals surface area contributed by atoms with E-state index < -0.39 is 0 Å². The Morgan fingerprint density at radius 2 is 2.21 bits per heavy atom. The van der Waals surface area contributed by atoms with Gasteiger partial charge in [-0.2, -0.15) is 0 Å². The zero-order valence-corrected chi connectivity index (χ0v) is 12.2. The molecular formula is C14H15ClN2OS. The third-order valence-corrected chi connectivity index (χ3v) is 3.97. The van der Waals surface area contributed by atoms with E-state index in [1.807, 2.05) is 36.6 Å². The van der Waals surface area contributed by atoms with E-state index in [2.05, 4.69) is 0 Å². The van der Waals surface area contributed by atoms with E-state index >= 15 is 0 Å². The van der Waals surface area contributed by atoms with Crippen LogP contribution in [-0.2, 0) is 6.54 Å². The van der Waals surface area contributed by atoms with E-state index in [0.717, 1.165) is 5.56 Å². The van der Waals surface area contributed by atoms with Gasteiger partial charge in [0.15, 0.2) is 0 Å². The lowest BCUT2D eigenvalue weighted by atomic mass is 10.2. The van der Waals surface area contributed by atoms with E-state index in [4.69, 9.17) is 17.3 Å². The van der Waals surface area contributed by atoms with Gasteiger partial charge in [-0.15, -0.1) is 11.3 Å². The maximum absolute atomic E-state index is 12.4. The van der Waals surface area contributed by atoms with Crippen molar-refractivity contribution >= 4 is 34.5 Å². The number of anilines is 1. The molecule has 0 aliphatic carbocycles. The standard InChI is InChI=1S/C14H15ClN2OS/c1-2-17(9-10-4-3-5-11(15)8-10)14(18)13-12(16)6-7-19-13/h3-8H,2,9,16H2,1H3. The first kappa shape index (κ1) is 13.9. The molecule has 1 aromatic heterocycles. The Morgan fingerprint density at radius 3 is 2.79 bits per heavy atom. The van der Waals surface area contributed by atoms with Gasteiger partial charge in [-0.05, 0) is 36.1 Å². The van der Waals surface area contributed by atoms with E-state index in [0.29, 0.717) is 28.7 Å². The maximum Gasteiger partial charge on any atom is 0.266 e. The summed E-state index contributed by atoms with van der Waals surface area (Å²) in [4.78, 5) is 14.7. The second-order valence-corrected chi connectivity index (χ2v) is 5.51. The molecule has 2 N–H and O–H groups in total. The number of amides is 1. The van der Waals surface area contributed by atoms with E-state index in [9.17, 15) is 4.79 Å². The van der Waals surface area contributed by atoms with Crippen molar-refractivity contribution < 1.29 is 4.79 Å². The number of nitrogen functional groups attached to an aromatic ring is 1. The highest BCUT2D eigenvalue weighted by Gasteiger charge is 2.18. The van der Waals surface area contributed by atoms with Gasteiger partial charge in [0.25, 0.3) is 5.91 Å². The number of halogens is 1. The smallest absolute Gasteiger partial charge is 0.266 e. The summed E-state index contributed by atoms with van der Waals surface area (Å²) in [7, 11) is 0. The molecule has 0 radical (unpaired) electrons. The number of rotatable bonds is 4. The molecule has 1 amide bonds. The van der Waals surface area contributed by atoms with Gasteiger partial charge in [0.05, 0.1) is 5.69 Å². The molecule has 5 heteroatoms. The number of nitrogens with zero attached hydrogens (tertiary/aromatic N) is 1. The Bertz CT molecular complexity index is 582. The Kier molecular flexibility index (Phi) is 4.45. The van der Waals surface area contributed by atoms with Crippen molar-refractivity contribution in [3.05, 3.63) is 51.2 Å². The lowest BCUT2D eigenvalue weighted by molar-refractivity contribution is 0.0758. The Balaban J connectivity index is 2.17. The average molecular weight is 295 g/mol. The molecule has 2 aromatic rings. The van der Waals surface area contributed by atoms with Crippen molar-refractivity contribution in [1.82, 2.24) is 4.90 Å². The lowest BCUT2D eigenvalue weighted by Crippen LogP contribution is -2.30. The Hall–Kier alpha value is -1.52. The first-order chi connectivity index (χ1) is 9.11. The van der Waals surface area contributed by atoms with Crippen LogP contribution in [0.3, 0.4) is 0 Å². The molecule has 0 fully saturated rings. The Labute approximate surface area is 121 Å². The van der Waals surface area contributed by atoms with Crippen LogP contribution in [0.15, 0.2) is 35.7 Å². The summed E-state index contributed by atoms with van der Waals surface area (Å²) in [5.74, 6) is -0.0324. The number of hydrogen-bond acceptors (Lipinski definition) is 3. The summed E-state index contributed by atoms with van der Waals surface area (Å²) in [6.45, 7) is 3.11. The van der Waals surface area contributed by atoms with Crippen LogP contribution in [0, 0.1) is 0 Å². The zero-order valence-electron chi connectivity index (χ0n) is 10.6. The number of benzene rings is 1. The molecular weight excluding hydrogens is 280 g/mol. The minimum Gasteiger partial charge on any atom is -0.397 e. The Morgan fingerprint density at radius 1 is 1.42 bits per heavy atom. The van der Waals surface area contributed by atoms with Gasteiger partial charge in [0.2, 0.25) is 0 Å². The predicted octanol–water partition coefficient (Wildman–Crippen LogP) is 3.65. The van der Waals surface area contributed by atoms with Crippen LogP contribution < -0.4 is 5.73 Å². The molecule has 100 valence electrons. The van der Waals surface area contributed by atoms with Gasteiger partial charge in [0, 0.05) is 18.1 Å². The third kappa shape index (κ3) is 3.28. The van der Waals surface area contributed by atoms with Gasteiger partial charge in [0.1, 0.15) is 4.88 Å². The van der Waals surface area contributed by atoms with Gasteiger partial charge < -0.3 is 10.6 Å². The number of thiophene rings is 1. The molecule has 19 heavy (non-hydrogen) atoms. The van der Waals surface area contributed by atoms with Crippen LogP contribution in [0.1, 0.15) is 22.2 Å². The van der Waals surface area contributed by atoms with Crippen molar-refractivity contribution in [1.29, 1.82) is 0 Å². The number of carbonyl (C=O) groups is 1. The van der Waals surface area contributed by atoms with Crippen LogP contribution in [0.5, 0.6) is 0 Å². The van der Waals surface area contributed by atoms with Gasteiger partial charge in [-0.25, -0.2) is 0 Å². The van der Waals surface area contributed by atoms with E-state index in [1.54, 1.807) is 11.0 Å². The largest absolute Gasteiger partial charge is 0.397 e. The number of carbonyl (C=O) groups excluding carboxylic acids is 1. The van der Waals surface area contributed by atoms with E-state index in [1.165, 1.54) is 11.3 Å². The summed E-state index contributed by atoms with van der Waals surface area (Å²) < 4.78 is 0. The van der Waals surface area contributed by atoms with Crippen molar-refractivity contribution in [3.63, 3.8) is 0 Å². The van der Waals surface area contributed by atoms with Gasteiger partial charge in [-0.1, -0.05) is 23.7 Å².